The van der Waals surface area contributed by atoms with Crippen LogP contribution in [0.5, 0.6) is 0 Å². The summed E-state index contributed by atoms with van der Waals surface area (Å²) in [5, 5.41) is 6.69. The number of nitrogens with zero attached hydrogens (tertiary/aromatic N) is 3. The summed E-state index contributed by atoms with van der Waals surface area (Å²) < 4.78 is 10.8. The highest BCUT2D eigenvalue weighted by atomic mass is 16.5. The topological polar surface area (TPSA) is 80.5 Å². The number of carbonyl (C=O) groups is 1. The summed E-state index contributed by atoms with van der Waals surface area (Å²) in [7, 11) is 0. The normalized spacial score (nSPS) is 20.6. The van der Waals surface area contributed by atoms with Crippen molar-refractivity contribution < 1.29 is 14.1 Å². The van der Waals surface area contributed by atoms with Gasteiger partial charge in [-0.25, -0.2) is 4.98 Å². The Balaban J connectivity index is 1.60. The second-order valence-electron chi connectivity index (χ2n) is 6.57. The summed E-state index contributed by atoms with van der Waals surface area (Å²) in [5.74, 6) is 1.28. The van der Waals surface area contributed by atoms with E-state index in [9.17, 15) is 4.79 Å². The number of amides is 1. The molecular formula is C18H24N4O3. The minimum atomic E-state index is -0.184. The van der Waals surface area contributed by atoms with E-state index in [0.29, 0.717) is 23.6 Å². The first-order valence-corrected chi connectivity index (χ1v) is 8.50. The lowest BCUT2D eigenvalue weighted by molar-refractivity contribution is -0.00546. The van der Waals surface area contributed by atoms with Gasteiger partial charge in [-0.15, -0.1) is 0 Å². The van der Waals surface area contributed by atoms with Crippen molar-refractivity contribution in [3.05, 3.63) is 40.9 Å². The van der Waals surface area contributed by atoms with Crippen molar-refractivity contribution in [2.45, 2.75) is 46.4 Å². The van der Waals surface area contributed by atoms with Gasteiger partial charge in [0.2, 0.25) is 0 Å². The van der Waals surface area contributed by atoms with Gasteiger partial charge in [0, 0.05) is 25.8 Å². The van der Waals surface area contributed by atoms with Crippen LogP contribution in [0.15, 0.2) is 22.9 Å². The molecule has 2 atom stereocenters. The second-order valence-corrected chi connectivity index (χ2v) is 6.57. The summed E-state index contributed by atoms with van der Waals surface area (Å²) in [6.07, 6.45) is 2.19. The smallest absolute Gasteiger partial charge is 0.257 e. The predicted octanol–water partition coefficient (Wildman–Crippen LogP) is 2.23. The molecule has 2 aromatic rings. The van der Waals surface area contributed by atoms with E-state index in [1.807, 2.05) is 12.1 Å². The molecule has 3 heterocycles. The molecule has 0 aliphatic carbocycles. The molecule has 1 amide bonds. The summed E-state index contributed by atoms with van der Waals surface area (Å²) >= 11 is 0. The number of pyridine rings is 1. The third-order valence-corrected chi connectivity index (χ3v) is 4.27. The Kier molecular flexibility index (Phi) is 5.03. The van der Waals surface area contributed by atoms with Crippen molar-refractivity contribution in [3.63, 3.8) is 0 Å². The van der Waals surface area contributed by atoms with Gasteiger partial charge in [-0.1, -0.05) is 11.2 Å². The van der Waals surface area contributed by atoms with E-state index in [2.05, 4.69) is 34.2 Å². The Morgan fingerprint density at radius 2 is 2.00 bits per heavy atom. The van der Waals surface area contributed by atoms with E-state index >= 15 is 0 Å². The van der Waals surface area contributed by atoms with Crippen LogP contribution in [0.1, 0.15) is 41.2 Å². The number of anilines is 1. The zero-order valence-electron chi connectivity index (χ0n) is 15.1. The SMILES string of the molecule is Cc1noc(C)c1C(=O)NCc1ccc(N2C[C@H](C)O[C@@H](C)C2)nc1. The minimum absolute atomic E-state index is 0.184. The number of nitrogens with one attached hydrogen (secondary N) is 1. The van der Waals surface area contributed by atoms with Gasteiger partial charge in [-0.3, -0.25) is 4.79 Å². The van der Waals surface area contributed by atoms with Crippen LogP contribution >= 0.6 is 0 Å². The zero-order chi connectivity index (χ0) is 18.0. The molecule has 1 aliphatic rings. The molecule has 1 aliphatic heterocycles. The van der Waals surface area contributed by atoms with Crippen LogP contribution in [-0.4, -0.2) is 41.3 Å². The average Bonchev–Trinajstić information content (AvgIpc) is 2.91. The highest BCUT2D eigenvalue weighted by Gasteiger charge is 2.23. The van der Waals surface area contributed by atoms with Crippen molar-refractivity contribution in [3.8, 4) is 0 Å². The van der Waals surface area contributed by atoms with Crippen LogP contribution in [0.2, 0.25) is 0 Å². The molecule has 1 N–H and O–H groups in total. The zero-order valence-corrected chi connectivity index (χ0v) is 15.1. The Labute approximate surface area is 147 Å². The fourth-order valence-electron chi connectivity index (χ4n) is 3.15. The van der Waals surface area contributed by atoms with Gasteiger partial charge < -0.3 is 19.5 Å². The third-order valence-electron chi connectivity index (χ3n) is 4.27. The number of hydrogen-bond donors (Lipinski definition) is 1. The van der Waals surface area contributed by atoms with Crippen molar-refractivity contribution >= 4 is 11.7 Å². The summed E-state index contributed by atoms with van der Waals surface area (Å²) in [6.45, 7) is 9.70. The van der Waals surface area contributed by atoms with E-state index in [4.69, 9.17) is 9.26 Å². The molecule has 0 aromatic carbocycles. The second kappa shape index (κ2) is 7.23. The monoisotopic (exact) mass is 344 g/mol. The van der Waals surface area contributed by atoms with Crippen molar-refractivity contribution in [2.24, 2.45) is 0 Å². The maximum atomic E-state index is 12.3. The Morgan fingerprint density at radius 1 is 1.28 bits per heavy atom. The highest BCUT2D eigenvalue weighted by molar-refractivity contribution is 5.96. The Bertz CT molecular complexity index is 712. The molecule has 7 heteroatoms. The number of rotatable bonds is 4. The molecule has 7 nitrogen and oxygen atoms in total. The molecule has 0 unspecified atom stereocenters. The molecule has 1 fully saturated rings. The standard InChI is InChI=1S/C18H24N4O3/c1-11-9-22(10-12(2)24-11)16-6-5-15(7-19-16)8-20-18(23)17-13(3)21-25-14(17)4/h5-7,11-12H,8-10H2,1-4H3,(H,20,23)/t11-,12-/m0/s1. The van der Waals surface area contributed by atoms with Crippen LogP contribution in [0, 0.1) is 13.8 Å². The molecule has 134 valence electrons. The fourth-order valence-corrected chi connectivity index (χ4v) is 3.15. The van der Waals surface area contributed by atoms with Gasteiger partial charge >= 0.3 is 0 Å². The Morgan fingerprint density at radius 3 is 2.56 bits per heavy atom. The van der Waals surface area contributed by atoms with E-state index in [-0.39, 0.29) is 18.1 Å². The predicted molar refractivity (Wildman–Crippen MR) is 93.6 cm³/mol. The van der Waals surface area contributed by atoms with Crippen molar-refractivity contribution in [2.75, 3.05) is 18.0 Å². The van der Waals surface area contributed by atoms with E-state index < -0.39 is 0 Å². The molecule has 0 spiro atoms. The van der Waals surface area contributed by atoms with Crippen LogP contribution in [0.4, 0.5) is 5.82 Å². The quantitative estimate of drug-likeness (QED) is 0.916. The number of hydrogen-bond acceptors (Lipinski definition) is 6. The lowest BCUT2D eigenvalue weighted by Crippen LogP contribution is -2.45. The Hall–Kier alpha value is -2.41. The van der Waals surface area contributed by atoms with Crippen LogP contribution in [0.25, 0.3) is 0 Å². The largest absolute Gasteiger partial charge is 0.372 e. The van der Waals surface area contributed by atoms with Gasteiger partial charge in [0.15, 0.2) is 0 Å². The molecule has 25 heavy (non-hydrogen) atoms. The van der Waals surface area contributed by atoms with Crippen LogP contribution in [-0.2, 0) is 11.3 Å². The van der Waals surface area contributed by atoms with Crippen LogP contribution < -0.4 is 10.2 Å². The number of aryl methyl sites for hydroxylation is 2. The fraction of sp³-hybridized carbons (Fsp3) is 0.500. The van der Waals surface area contributed by atoms with Gasteiger partial charge in [-0.05, 0) is 39.3 Å². The first-order chi connectivity index (χ1) is 11.9. The number of ether oxygens (including phenoxy) is 1. The van der Waals surface area contributed by atoms with Gasteiger partial charge in [0.25, 0.3) is 5.91 Å². The van der Waals surface area contributed by atoms with E-state index in [1.165, 1.54) is 0 Å². The first kappa shape index (κ1) is 17.4. The number of morpholine rings is 1. The summed E-state index contributed by atoms with van der Waals surface area (Å²) in [5.41, 5.74) is 2.04. The summed E-state index contributed by atoms with van der Waals surface area (Å²) in [6, 6.07) is 3.98. The lowest BCUT2D eigenvalue weighted by atomic mass is 10.2. The van der Waals surface area contributed by atoms with E-state index in [0.717, 1.165) is 24.5 Å². The van der Waals surface area contributed by atoms with Crippen molar-refractivity contribution in [1.82, 2.24) is 15.5 Å². The van der Waals surface area contributed by atoms with Gasteiger partial charge in [0.05, 0.1) is 17.9 Å². The third kappa shape index (κ3) is 3.99. The van der Waals surface area contributed by atoms with E-state index in [1.54, 1.807) is 20.0 Å². The van der Waals surface area contributed by atoms with Crippen molar-refractivity contribution in [1.29, 1.82) is 0 Å². The summed E-state index contributed by atoms with van der Waals surface area (Å²) in [4.78, 5) is 19.0. The minimum Gasteiger partial charge on any atom is -0.372 e. The van der Waals surface area contributed by atoms with Gasteiger partial charge in [0.1, 0.15) is 17.1 Å². The molecule has 2 aromatic heterocycles. The molecular weight excluding hydrogens is 320 g/mol. The maximum absolute atomic E-state index is 12.3. The average molecular weight is 344 g/mol. The van der Waals surface area contributed by atoms with Crippen LogP contribution in [0.3, 0.4) is 0 Å². The molecule has 0 saturated carbocycles. The van der Waals surface area contributed by atoms with Gasteiger partial charge in [-0.2, -0.15) is 0 Å². The first-order valence-electron chi connectivity index (χ1n) is 8.50. The molecule has 1 saturated heterocycles. The number of aromatic nitrogens is 2. The molecule has 3 rings (SSSR count). The maximum Gasteiger partial charge on any atom is 0.257 e. The lowest BCUT2D eigenvalue weighted by Gasteiger charge is -2.36. The highest BCUT2D eigenvalue weighted by Crippen LogP contribution is 2.18. The molecule has 0 radical (unpaired) electrons. The molecule has 0 bridgehead atoms. The number of carbonyl (C=O) groups excluding carboxylic acids is 1.